The van der Waals surface area contributed by atoms with Gasteiger partial charge in [-0.25, -0.2) is 0 Å². The molecule has 0 aromatic heterocycles. The summed E-state index contributed by atoms with van der Waals surface area (Å²) >= 11 is 0. The number of nitrogens with one attached hydrogen (secondary N) is 1. The Kier molecular flexibility index (Phi) is 4.06. The van der Waals surface area contributed by atoms with E-state index in [-0.39, 0.29) is 0 Å². The highest BCUT2D eigenvalue weighted by Gasteiger charge is 2.32. The molecule has 1 aromatic rings. The van der Waals surface area contributed by atoms with E-state index in [0.717, 1.165) is 11.7 Å². The molecule has 0 radical (unpaired) electrons. The van der Waals surface area contributed by atoms with Gasteiger partial charge in [-0.3, -0.25) is 0 Å². The first-order valence-electron chi connectivity index (χ1n) is 6.64. The monoisotopic (exact) mass is 233 g/mol. The van der Waals surface area contributed by atoms with E-state index in [1.165, 1.54) is 24.8 Å². The van der Waals surface area contributed by atoms with Gasteiger partial charge in [0.15, 0.2) is 0 Å². The standard InChI is InChI=1S/C15H23NO/c1-4-11(2)16-15(12-5-6-12)13-7-9-14(17-3)10-8-13/h7-12,15-16H,4-6H2,1-3H3. The molecule has 0 spiro atoms. The Bertz CT molecular complexity index is 342. The molecule has 17 heavy (non-hydrogen) atoms. The Morgan fingerprint density at radius 2 is 1.94 bits per heavy atom. The van der Waals surface area contributed by atoms with Gasteiger partial charge in [0.25, 0.3) is 0 Å². The molecule has 0 amide bonds. The highest BCUT2D eigenvalue weighted by atomic mass is 16.5. The number of methoxy groups -OCH3 is 1. The van der Waals surface area contributed by atoms with Crippen molar-refractivity contribution in [1.82, 2.24) is 5.32 Å². The molecule has 2 heteroatoms. The van der Waals surface area contributed by atoms with Crippen LogP contribution in [0.1, 0.15) is 44.7 Å². The predicted octanol–water partition coefficient (Wildman–Crippen LogP) is 3.53. The highest BCUT2D eigenvalue weighted by Crippen LogP contribution is 2.41. The van der Waals surface area contributed by atoms with Crippen molar-refractivity contribution in [2.75, 3.05) is 7.11 Å². The van der Waals surface area contributed by atoms with Crippen molar-refractivity contribution in [2.24, 2.45) is 5.92 Å². The van der Waals surface area contributed by atoms with Crippen LogP contribution in [0.25, 0.3) is 0 Å². The van der Waals surface area contributed by atoms with Gasteiger partial charge in [-0.1, -0.05) is 19.1 Å². The Morgan fingerprint density at radius 1 is 1.29 bits per heavy atom. The maximum absolute atomic E-state index is 5.21. The molecule has 1 aliphatic rings. The molecule has 0 bridgehead atoms. The quantitative estimate of drug-likeness (QED) is 0.811. The summed E-state index contributed by atoms with van der Waals surface area (Å²) < 4.78 is 5.21. The lowest BCUT2D eigenvalue weighted by Crippen LogP contribution is -2.31. The van der Waals surface area contributed by atoms with Gasteiger partial charge in [-0.2, -0.15) is 0 Å². The van der Waals surface area contributed by atoms with Crippen molar-refractivity contribution >= 4 is 0 Å². The molecule has 2 unspecified atom stereocenters. The largest absolute Gasteiger partial charge is 0.497 e. The Balaban J connectivity index is 2.08. The van der Waals surface area contributed by atoms with Crippen molar-refractivity contribution in [3.8, 4) is 5.75 Å². The van der Waals surface area contributed by atoms with Crippen molar-refractivity contribution in [2.45, 2.75) is 45.2 Å². The summed E-state index contributed by atoms with van der Waals surface area (Å²) in [5.41, 5.74) is 1.40. The van der Waals surface area contributed by atoms with E-state index in [0.29, 0.717) is 12.1 Å². The zero-order valence-electron chi connectivity index (χ0n) is 11.1. The molecule has 2 atom stereocenters. The van der Waals surface area contributed by atoms with Crippen LogP contribution in [0.5, 0.6) is 5.75 Å². The molecule has 0 heterocycles. The molecule has 1 aromatic carbocycles. The first-order valence-corrected chi connectivity index (χ1v) is 6.64. The number of benzene rings is 1. The first kappa shape index (κ1) is 12.4. The number of ether oxygens (including phenoxy) is 1. The van der Waals surface area contributed by atoms with E-state index in [2.05, 4.69) is 43.4 Å². The maximum Gasteiger partial charge on any atom is 0.118 e. The van der Waals surface area contributed by atoms with E-state index in [4.69, 9.17) is 4.74 Å². The van der Waals surface area contributed by atoms with Crippen LogP contribution in [-0.4, -0.2) is 13.2 Å². The van der Waals surface area contributed by atoms with Gasteiger partial charge in [0.2, 0.25) is 0 Å². The van der Waals surface area contributed by atoms with Crippen LogP contribution < -0.4 is 10.1 Å². The molecular weight excluding hydrogens is 210 g/mol. The highest BCUT2D eigenvalue weighted by molar-refractivity contribution is 5.30. The molecule has 1 saturated carbocycles. The second-order valence-corrected chi connectivity index (χ2v) is 5.06. The SMILES string of the molecule is CCC(C)NC(c1ccc(OC)cc1)C1CC1. The van der Waals surface area contributed by atoms with Crippen LogP contribution in [0.3, 0.4) is 0 Å². The zero-order valence-corrected chi connectivity index (χ0v) is 11.1. The molecule has 1 fully saturated rings. The van der Waals surface area contributed by atoms with Gasteiger partial charge in [-0.15, -0.1) is 0 Å². The minimum atomic E-state index is 0.524. The van der Waals surface area contributed by atoms with Crippen molar-refractivity contribution < 1.29 is 4.74 Å². The van der Waals surface area contributed by atoms with Crippen molar-refractivity contribution in [3.05, 3.63) is 29.8 Å². The van der Waals surface area contributed by atoms with E-state index in [1.807, 2.05) is 0 Å². The minimum Gasteiger partial charge on any atom is -0.497 e. The summed E-state index contributed by atoms with van der Waals surface area (Å²) in [6.45, 7) is 4.49. The third-order valence-electron chi connectivity index (χ3n) is 3.64. The molecule has 0 aliphatic heterocycles. The normalized spacial score (nSPS) is 18.8. The fourth-order valence-corrected chi connectivity index (χ4v) is 2.17. The van der Waals surface area contributed by atoms with Crippen LogP contribution >= 0.6 is 0 Å². The topological polar surface area (TPSA) is 21.3 Å². The average molecular weight is 233 g/mol. The van der Waals surface area contributed by atoms with Gasteiger partial charge in [-0.05, 0) is 49.8 Å². The predicted molar refractivity (Wildman–Crippen MR) is 71.3 cm³/mol. The zero-order chi connectivity index (χ0) is 12.3. The van der Waals surface area contributed by atoms with Crippen LogP contribution in [-0.2, 0) is 0 Å². The van der Waals surface area contributed by atoms with Gasteiger partial charge < -0.3 is 10.1 Å². The fraction of sp³-hybridized carbons (Fsp3) is 0.600. The second kappa shape index (κ2) is 5.54. The van der Waals surface area contributed by atoms with Crippen LogP contribution in [0.2, 0.25) is 0 Å². The van der Waals surface area contributed by atoms with E-state index in [9.17, 15) is 0 Å². The summed E-state index contributed by atoms with van der Waals surface area (Å²) in [4.78, 5) is 0. The maximum atomic E-state index is 5.21. The molecule has 0 saturated heterocycles. The number of rotatable bonds is 6. The second-order valence-electron chi connectivity index (χ2n) is 5.06. The lowest BCUT2D eigenvalue weighted by molar-refractivity contribution is 0.406. The summed E-state index contributed by atoms with van der Waals surface area (Å²) in [5, 5.41) is 3.74. The minimum absolute atomic E-state index is 0.524. The lowest BCUT2D eigenvalue weighted by Gasteiger charge is -2.23. The van der Waals surface area contributed by atoms with Crippen LogP contribution in [0.15, 0.2) is 24.3 Å². The van der Waals surface area contributed by atoms with Crippen LogP contribution in [0, 0.1) is 5.92 Å². The van der Waals surface area contributed by atoms with E-state index in [1.54, 1.807) is 7.11 Å². The van der Waals surface area contributed by atoms with Gasteiger partial charge in [0.1, 0.15) is 5.75 Å². The third-order valence-corrected chi connectivity index (χ3v) is 3.64. The molecular formula is C15H23NO. The summed E-state index contributed by atoms with van der Waals surface area (Å²) in [7, 11) is 1.71. The van der Waals surface area contributed by atoms with E-state index >= 15 is 0 Å². The van der Waals surface area contributed by atoms with E-state index < -0.39 is 0 Å². The van der Waals surface area contributed by atoms with Gasteiger partial charge in [0.05, 0.1) is 7.11 Å². The lowest BCUT2D eigenvalue weighted by atomic mass is 10.0. The first-order chi connectivity index (χ1) is 8.24. The number of hydrogen-bond donors (Lipinski definition) is 1. The third kappa shape index (κ3) is 3.22. The summed E-state index contributed by atoms with van der Waals surface area (Å²) in [5.74, 6) is 1.77. The van der Waals surface area contributed by atoms with Crippen molar-refractivity contribution in [1.29, 1.82) is 0 Å². The van der Waals surface area contributed by atoms with Gasteiger partial charge in [0, 0.05) is 12.1 Å². The Labute approximate surface area is 104 Å². The Morgan fingerprint density at radius 3 is 2.41 bits per heavy atom. The molecule has 2 rings (SSSR count). The molecule has 2 nitrogen and oxygen atoms in total. The van der Waals surface area contributed by atoms with Crippen molar-refractivity contribution in [3.63, 3.8) is 0 Å². The summed E-state index contributed by atoms with van der Waals surface area (Å²) in [6.07, 6.45) is 3.90. The molecule has 1 N–H and O–H groups in total. The number of hydrogen-bond acceptors (Lipinski definition) is 2. The van der Waals surface area contributed by atoms with Crippen LogP contribution in [0.4, 0.5) is 0 Å². The average Bonchev–Trinajstić information content (AvgIpc) is 3.20. The molecule has 94 valence electrons. The summed E-state index contributed by atoms with van der Waals surface area (Å²) in [6, 6.07) is 9.61. The smallest absolute Gasteiger partial charge is 0.118 e. The van der Waals surface area contributed by atoms with Gasteiger partial charge >= 0.3 is 0 Å². The fourth-order valence-electron chi connectivity index (χ4n) is 2.17. The molecule has 1 aliphatic carbocycles. The Hall–Kier alpha value is -1.02.